The molecule has 4 nitrogen and oxygen atoms in total. The molecular formula is C20H22BrNO3S. The zero-order valence-corrected chi connectivity index (χ0v) is 17.2. The highest BCUT2D eigenvalue weighted by Gasteiger charge is 2.45. The number of nitrogens with one attached hydrogen (secondary N) is 1. The molecule has 1 unspecified atom stereocenters. The lowest BCUT2D eigenvalue weighted by atomic mass is 9.63. The van der Waals surface area contributed by atoms with E-state index in [0.717, 1.165) is 34.9 Å². The summed E-state index contributed by atoms with van der Waals surface area (Å²) in [7, 11) is -3.22. The lowest BCUT2D eigenvalue weighted by Crippen LogP contribution is -2.49. The van der Waals surface area contributed by atoms with E-state index < -0.39 is 15.3 Å². The fourth-order valence-corrected chi connectivity index (χ4v) is 4.26. The molecule has 0 radical (unpaired) electrons. The fraction of sp³-hybridized carbons (Fsp3) is 0.350. The summed E-state index contributed by atoms with van der Waals surface area (Å²) in [4.78, 5) is 13.3. The molecule has 2 aromatic rings. The molecule has 138 valence electrons. The first-order chi connectivity index (χ1) is 12.2. The van der Waals surface area contributed by atoms with Crippen LogP contribution in [0.5, 0.6) is 0 Å². The van der Waals surface area contributed by atoms with Gasteiger partial charge in [0.05, 0.1) is 16.4 Å². The van der Waals surface area contributed by atoms with Crippen molar-refractivity contribution in [2.75, 3.05) is 6.26 Å². The van der Waals surface area contributed by atoms with Gasteiger partial charge in [-0.2, -0.15) is 0 Å². The highest BCUT2D eigenvalue weighted by Crippen LogP contribution is 2.44. The molecule has 1 saturated carbocycles. The zero-order valence-electron chi connectivity index (χ0n) is 14.8. The molecule has 1 aliphatic carbocycles. The molecule has 0 spiro atoms. The van der Waals surface area contributed by atoms with Crippen molar-refractivity contribution in [3.05, 3.63) is 64.1 Å². The summed E-state index contributed by atoms with van der Waals surface area (Å²) in [6.45, 7) is 1.92. The highest BCUT2D eigenvalue weighted by atomic mass is 79.9. The molecule has 0 heterocycles. The molecule has 0 aromatic heterocycles. The van der Waals surface area contributed by atoms with Gasteiger partial charge in [-0.25, -0.2) is 8.42 Å². The van der Waals surface area contributed by atoms with Crippen molar-refractivity contribution in [3.63, 3.8) is 0 Å². The Kier molecular flexibility index (Phi) is 5.26. The van der Waals surface area contributed by atoms with Crippen LogP contribution in [-0.2, 0) is 20.0 Å². The predicted octanol–water partition coefficient (Wildman–Crippen LogP) is 4.15. The summed E-state index contributed by atoms with van der Waals surface area (Å²) >= 11 is 3.44. The molecule has 1 atom stereocenters. The van der Waals surface area contributed by atoms with Crippen molar-refractivity contribution in [2.45, 2.75) is 42.5 Å². The first-order valence-electron chi connectivity index (χ1n) is 8.59. The zero-order chi connectivity index (χ0) is 18.9. The number of amides is 1. The maximum absolute atomic E-state index is 13.0. The Morgan fingerprint density at radius 3 is 2.12 bits per heavy atom. The van der Waals surface area contributed by atoms with E-state index in [1.54, 1.807) is 24.3 Å². The lowest BCUT2D eigenvalue weighted by molar-refractivity contribution is -0.130. The van der Waals surface area contributed by atoms with Crippen molar-refractivity contribution >= 4 is 31.7 Å². The van der Waals surface area contributed by atoms with E-state index >= 15 is 0 Å². The van der Waals surface area contributed by atoms with Crippen LogP contribution in [0, 0.1) is 0 Å². The SMILES string of the molecule is CC(NC(=O)C1(c2ccc(Br)cc2)CCC1)c1ccc(S(C)(=O)=O)cc1. The maximum Gasteiger partial charge on any atom is 0.231 e. The smallest absolute Gasteiger partial charge is 0.231 e. The summed E-state index contributed by atoms with van der Waals surface area (Å²) < 4.78 is 24.2. The van der Waals surface area contributed by atoms with Crippen LogP contribution in [0.3, 0.4) is 0 Å². The molecule has 1 amide bonds. The third kappa shape index (κ3) is 3.71. The van der Waals surface area contributed by atoms with E-state index in [2.05, 4.69) is 21.2 Å². The minimum Gasteiger partial charge on any atom is -0.349 e. The van der Waals surface area contributed by atoms with Crippen molar-refractivity contribution in [1.29, 1.82) is 0 Å². The monoisotopic (exact) mass is 435 g/mol. The number of hydrogen-bond donors (Lipinski definition) is 1. The first-order valence-corrected chi connectivity index (χ1v) is 11.3. The highest BCUT2D eigenvalue weighted by molar-refractivity contribution is 9.10. The van der Waals surface area contributed by atoms with Crippen molar-refractivity contribution in [3.8, 4) is 0 Å². The van der Waals surface area contributed by atoms with Crippen LogP contribution in [0.4, 0.5) is 0 Å². The average Bonchev–Trinajstić information content (AvgIpc) is 2.55. The Morgan fingerprint density at radius 2 is 1.65 bits per heavy atom. The van der Waals surface area contributed by atoms with Crippen molar-refractivity contribution in [2.24, 2.45) is 0 Å². The maximum atomic E-state index is 13.0. The van der Waals surface area contributed by atoms with E-state index in [1.165, 1.54) is 6.26 Å². The number of sulfone groups is 1. The van der Waals surface area contributed by atoms with E-state index in [1.807, 2.05) is 31.2 Å². The normalized spacial score (nSPS) is 17.2. The fourth-order valence-electron chi connectivity index (χ4n) is 3.37. The number of hydrogen-bond acceptors (Lipinski definition) is 3. The van der Waals surface area contributed by atoms with Gasteiger partial charge in [-0.3, -0.25) is 4.79 Å². The minimum atomic E-state index is -3.22. The molecule has 1 fully saturated rings. The van der Waals surface area contributed by atoms with E-state index in [-0.39, 0.29) is 16.8 Å². The number of halogens is 1. The summed E-state index contributed by atoms with van der Waals surface area (Å²) in [6.07, 6.45) is 3.92. The van der Waals surface area contributed by atoms with Gasteiger partial charge >= 0.3 is 0 Å². The number of rotatable bonds is 5. The van der Waals surface area contributed by atoms with Gasteiger partial charge in [0.15, 0.2) is 9.84 Å². The van der Waals surface area contributed by atoms with Gasteiger partial charge in [-0.15, -0.1) is 0 Å². The van der Waals surface area contributed by atoms with Crippen LogP contribution in [0.1, 0.15) is 43.4 Å². The number of carbonyl (C=O) groups is 1. The van der Waals surface area contributed by atoms with Crippen LogP contribution in [0.2, 0.25) is 0 Å². The Hall–Kier alpha value is -1.66. The molecule has 3 rings (SSSR count). The molecule has 2 aromatic carbocycles. The third-order valence-corrected chi connectivity index (χ3v) is 6.85. The van der Waals surface area contributed by atoms with Gasteiger partial charge in [-0.05, 0) is 55.2 Å². The molecule has 26 heavy (non-hydrogen) atoms. The number of benzene rings is 2. The van der Waals surface area contributed by atoms with Gasteiger partial charge in [0.25, 0.3) is 0 Å². The van der Waals surface area contributed by atoms with Crippen LogP contribution in [-0.4, -0.2) is 20.6 Å². The molecule has 6 heteroatoms. The first kappa shape index (κ1) is 19.1. The second-order valence-electron chi connectivity index (χ2n) is 6.98. The van der Waals surface area contributed by atoms with E-state index in [4.69, 9.17) is 0 Å². The second-order valence-corrected chi connectivity index (χ2v) is 9.91. The van der Waals surface area contributed by atoms with Gasteiger partial charge < -0.3 is 5.32 Å². The minimum absolute atomic E-state index is 0.0331. The standard InChI is InChI=1S/C20H22BrNO3S/c1-14(15-4-10-18(11-5-15)26(2,24)25)22-19(23)20(12-3-13-20)16-6-8-17(21)9-7-16/h4-11,14H,3,12-13H2,1-2H3,(H,22,23). The largest absolute Gasteiger partial charge is 0.349 e. The average molecular weight is 436 g/mol. The third-order valence-electron chi connectivity index (χ3n) is 5.19. The van der Waals surface area contributed by atoms with Crippen molar-refractivity contribution in [1.82, 2.24) is 5.32 Å². The van der Waals surface area contributed by atoms with Gasteiger partial charge in [0, 0.05) is 10.7 Å². The van der Waals surface area contributed by atoms with E-state index in [0.29, 0.717) is 0 Å². The van der Waals surface area contributed by atoms with Gasteiger partial charge in [0.1, 0.15) is 0 Å². The summed E-state index contributed by atoms with van der Waals surface area (Å²) in [6, 6.07) is 14.4. The quantitative estimate of drug-likeness (QED) is 0.766. The molecule has 1 aliphatic rings. The summed E-state index contributed by atoms with van der Waals surface area (Å²) in [5.41, 5.74) is 1.47. The van der Waals surface area contributed by atoms with Crippen LogP contribution < -0.4 is 5.32 Å². The molecule has 0 saturated heterocycles. The summed E-state index contributed by atoms with van der Waals surface area (Å²) in [5.74, 6) is 0.0331. The molecule has 1 N–H and O–H groups in total. The Balaban J connectivity index is 1.77. The molecular weight excluding hydrogens is 414 g/mol. The number of carbonyl (C=O) groups excluding carboxylic acids is 1. The Bertz CT molecular complexity index is 901. The van der Waals surface area contributed by atoms with Gasteiger partial charge in [-0.1, -0.05) is 46.6 Å². The topological polar surface area (TPSA) is 63.2 Å². The van der Waals surface area contributed by atoms with Crippen LogP contribution in [0.15, 0.2) is 57.9 Å². The molecule has 0 bridgehead atoms. The van der Waals surface area contributed by atoms with E-state index in [9.17, 15) is 13.2 Å². The van der Waals surface area contributed by atoms with Crippen molar-refractivity contribution < 1.29 is 13.2 Å². The van der Waals surface area contributed by atoms with Crippen LogP contribution >= 0.6 is 15.9 Å². The Morgan fingerprint density at radius 1 is 1.08 bits per heavy atom. The lowest BCUT2D eigenvalue weighted by Gasteiger charge is -2.41. The summed E-state index contributed by atoms with van der Waals surface area (Å²) in [5, 5.41) is 3.11. The van der Waals surface area contributed by atoms with Gasteiger partial charge in [0.2, 0.25) is 5.91 Å². The van der Waals surface area contributed by atoms with Crippen LogP contribution in [0.25, 0.3) is 0 Å². The second kappa shape index (κ2) is 7.16. The predicted molar refractivity (Wildman–Crippen MR) is 106 cm³/mol. The Labute approximate surface area is 163 Å². The molecule has 0 aliphatic heterocycles.